The number of hydrogen-bond acceptors (Lipinski definition) is 3. The first-order chi connectivity index (χ1) is 8.66. The van der Waals surface area contributed by atoms with Gasteiger partial charge in [0, 0.05) is 6.07 Å². The largest absolute Gasteiger partial charge is 0.494 e. The average molecular weight is 281 g/mol. The molecule has 1 aromatic rings. The second-order valence-electron chi connectivity index (χ2n) is 3.29. The number of carboxylic acid groups (broad SMARTS) is 1. The van der Waals surface area contributed by atoms with Crippen molar-refractivity contribution in [3.05, 3.63) is 23.5 Å². The van der Waals surface area contributed by atoms with Crippen molar-refractivity contribution >= 4 is 17.6 Å². The van der Waals surface area contributed by atoms with E-state index in [0.717, 1.165) is 7.11 Å². The normalized spacial score (nSPS) is 11.0. The van der Waals surface area contributed by atoms with E-state index in [1.54, 1.807) is 0 Å². The van der Waals surface area contributed by atoms with Crippen molar-refractivity contribution in [2.75, 3.05) is 12.4 Å². The quantitative estimate of drug-likeness (QED) is 0.831. The van der Waals surface area contributed by atoms with E-state index in [1.165, 1.54) is 5.32 Å². The van der Waals surface area contributed by atoms with Crippen molar-refractivity contribution in [3.8, 4) is 5.75 Å². The van der Waals surface area contributed by atoms with E-state index in [-0.39, 0.29) is 0 Å². The SMILES string of the molecule is COc1cc(F)cc(C(=O)O)c1NC(=O)C(F)(F)F. The third kappa shape index (κ3) is 3.33. The van der Waals surface area contributed by atoms with Gasteiger partial charge in [0.25, 0.3) is 0 Å². The van der Waals surface area contributed by atoms with E-state index >= 15 is 0 Å². The Labute approximate surface area is 103 Å². The molecule has 0 heterocycles. The summed E-state index contributed by atoms with van der Waals surface area (Å²) in [6.45, 7) is 0. The Kier molecular flexibility index (Phi) is 3.98. The van der Waals surface area contributed by atoms with Crippen LogP contribution in [-0.4, -0.2) is 30.3 Å². The summed E-state index contributed by atoms with van der Waals surface area (Å²) in [4.78, 5) is 21.6. The molecule has 1 rings (SSSR count). The molecule has 1 aromatic carbocycles. The Hall–Kier alpha value is -2.32. The monoisotopic (exact) mass is 281 g/mol. The Morgan fingerprint density at radius 2 is 1.89 bits per heavy atom. The van der Waals surface area contributed by atoms with Gasteiger partial charge >= 0.3 is 18.1 Å². The molecule has 19 heavy (non-hydrogen) atoms. The van der Waals surface area contributed by atoms with Crippen LogP contribution in [-0.2, 0) is 4.79 Å². The maximum atomic E-state index is 13.0. The number of rotatable bonds is 3. The number of nitrogens with one attached hydrogen (secondary N) is 1. The molecule has 0 unspecified atom stereocenters. The van der Waals surface area contributed by atoms with Crippen LogP contribution >= 0.6 is 0 Å². The lowest BCUT2D eigenvalue weighted by Crippen LogP contribution is -2.30. The summed E-state index contributed by atoms with van der Waals surface area (Å²) in [6, 6.07) is 1.12. The second-order valence-corrected chi connectivity index (χ2v) is 3.29. The fourth-order valence-electron chi connectivity index (χ4n) is 1.22. The lowest BCUT2D eigenvalue weighted by molar-refractivity contribution is -0.167. The topological polar surface area (TPSA) is 75.6 Å². The molecule has 0 saturated carbocycles. The highest BCUT2D eigenvalue weighted by Gasteiger charge is 2.39. The van der Waals surface area contributed by atoms with Crippen molar-refractivity contribution in [2.45, 2.75) is 6.18 Å². The number of hydrogen-bond donors (Lipinski definition) is 2. The molecule has 0 saturated heterocycles. The van der Waals surface area contributed by atoms with Gasteiger partial charge < -0.3 is 15.2 Å². The van der Waals surface area contributed by atoms with Crippen molar-refractivity contribution < 1.29 is 37.0 Å². The zero-order chi connectivity index (χ0) is 14.8. The van der Waals surface area contributed by atoms with Crippen LogP contribution in [0.4, 0.5) is 23.2 Å². The molecule has 0 aliphatic carbocycles. The summed E-state index contributed by atoms with van der Waals surface area (Å²) in [5, 5.41) is 10.1. The molecule has 0 radical (unpaired) electrons. The molecular formula is C10H7F4NO4. The standard InChI is InChI=1S/C10H7F4NO4/c1-19-6-3-4(11)2-5(8(16)17)7(6)15-9(18)10(12,13)14/h2-3H,1H3,(H,15,18)(H,16,17). The highest BCUT2D eigenvalue weighted by Crippen LogP contribution is 2.31. The number of carbonyl (C=O) groups excluding carboxylic acids is 1. The molecule has 5 nitrogen and oxygen atoms in total. The van der Waals surface area contributed by atoms with E-state index in [9.17, 15) is 27.2 Å². The molecule has 2 N–H and O–H groups in total. The van der Waals surface area contributed by atoms with Crippen LogP contribution in [0.15, 0.2) is 12.1 Å². The first-order valence-electron chi connectivity index (χ1n) is 4.65. The van der Waals surface area contributed by atoms with Crippen LogP contribution in [0.1, 0.15) is 10.4 Å². The molecule has 0 atom stereocenters. The van der Waals surface area contributed by atoms with Crippen LogP contribution in [0.5, 0.6) is 5.75 Å². The smallest absolute Gasteiger partial charge is 0.471 e. The number of ether oxygens (including phenoxy) is 1. The predicted octanol–water partition coefficient (Wildman–Crippen LogP) is 2.03. The van der Waals surface area contributed by atoms with Crippen LogP contribution in [0.2, 0.25) is 0 Å². The van der Waals surface area contributed by atoms with Gasteiger partial charge in [0.05, 0.1) is 18.4 Å². The molecule has 0 aliphatic heterocycles. The predicted molar refractivity (Wildman–Crippen MR) is 54.6 cm³/mol. The number of anilines is 1. The first kappa shape index (κ1) is 14.7. The fraction of sp³-hybridized carbons (Fsp3) is 0.200. The summed E-state index contributed by atoms with van der Waals surface area (Å²) in [7, 11) is 0.990. The Balaban J connectivity index is 3.32. The summed E-state index contributed by atoms with van der Waals surface area (Å²) < 4.78 is 53.9. The van der Waals surface area contributed by atoms with Crippen LogP contribution in [0, 0.1) is 5.82 Å². The fourth-order valence-corrected chi connectivity index (χ4v) is 1.22. The molecular weight excluding hydrogens is 274 g/mol. The highest BCUT2D eigenvalue weighted by atomic mass is 19.4. The lowest BCUT2D eigenvalue weighted by atomic mass is 10.1. The number of amides is 1. The molecule has 104 valence electrons. The number of aromatic carboxylic acids is 1. The number of alkyl halides is 3. The molecule has 1 amide bonds. The summed E-state index contributed by atoms with van der Waals surface area (Å²) >= 11 is 0. The first-order valence-corrected chi connectivity index (χ1v) is 4.65. The van der Waals surface area contributed by atoms with E-state index in [2.05, 4.69) is 4.74 Å². The number of halogens is 4. The Bertz CT molecular complexity index is 527. The maximum Gasteiger partial charge on any atom is 0.471 e. The minimum atomic E-state index is -5.21. The molecule has 0 aliphatic rings. The molecule has 0 bridgehead atoms. The van der Waals surface area contributed by atoms with Gasteiger partial charge in [-0.05, 0) is 6.07 Å². The van der Waals surface area contributed by atoms with E-state index in [4.69, 9.17) is 5.11 Å². The highest BCUT2D eigenvalue weighted by molar-refractivity contribution is 6.04. The summed E-state index contributed by atoms with van der Waals surface area (Å²) in [5.41, 5.74) is -1.62. The number of benzene rings is 1. The van der Waals surface area contributed by atoms with Gasteiger partial charge in [-0.25, -0.2) is 9.18 Å². The zero-order valence-corrected chi connectivity index (χ0v) is 9.34. The lowest BCUT2D eigenvalue weighted by Gasteiger charge is -2.14. The molecule has 0 aromatic heterocycles. The average Bonchev–Trinajstić information content (AvgIpc) is 2.28. The zero-order valence-electron chi connectivity index (χ0n) is 9.34. The molecule has 9 heteroatoms. The van der Waals surface area contributed by atoms with E-state index < -0.39 is 40.9 Å². The molecule has 0 spiro atoms. The van der Waals surface area contributed by atoms with Gasteiger partial charge in [0.15, 0.2) is 0 Å². The van der Waals surface area contributed by atoms with Gasteiger partial charge in [-0.3, -0.25) is 4.79 Å². The second kappa shape index (κ2) is 5.12. The van der Waals surface area contributed by atoms with Crippen molar-refractivity contribution in [1.82, 2.24) is 0 Å². The van der Waals surface area contributed by atoms with Gasteiger partial charge in [0.1, 0.15) is 11.6 Å². The van der Waals surface area contributed by atoms with Crippen LogP contribution < -0.4 is 10.1 Å². The maximum absolute atomic E-state index is 13.0. The van der Waals surface area contributed by atoms with E-state index in [0.29, 0.717) is 12.1 Å². The third-order valence-corrected chi connectivity index (χ3v) is 2.01. The van der Waals surface area contributed by atoms with Crippen molar-refractivity contribution in [1.29, 1.82) is 0 Å². The summed E-state index contributed by atoms with van der Waals surface area (Å²) in [6.07, 6.45) is -5.21. The van der Waals surface area contributed by atoms with Crippen molar-refractivity contribution in [2.24, 2.45) is 0 Å². The Morgan fingerprint density at radius 1 is 1.32 bits per heavy atom. The van der Waals surface area contributed by atoms with Gasteiger partial charge in [-0.2, -0.15) is 13.2 Å². The van der Waals surface area contributed by atoms with Gasteiger partial charge in [-0.1, -0.05) is 0 Å². The Morgan fingerprint density at radius 3 is 2.32 bits per heavy atom. The minimum Gasteiger partial charge on any atom is -0.494 e. The van der Waals surface area contributed by atoms with Crippen LogP contribution in [0.25, 0.3) is 0 Å². The van der Waals surface area contributed by atoms with Crippen LogP contribution in [0.3, 0.4) is 0 Å². The number of carbonyl (C=O) groups is 2. The minimum absolute atomic E-state index is 0.469. The summed E-state index contributed by atoms with van der Waals surface area (Å²) in [5.74, 6) is -5.66. The van der Waals surface area contributed by atoms with Crippen molar-refractivity contribution in [3.63, 3.8) is 0 Å². The number of carboxylic acids is 1. The van der Waals surface area contributed by atoms with Gasteiger partial charge in [0.2, 0.25) is 0 Å². The molecule has 0 fully saturated rings. The van der Waals surface area contributed by atoms with Gasteiger partial charge in [-0.15, -0.1) is 0 Å². The van der Waals surface area contributed by atoms with E-state index in [1.807, 2.05) is 0 Å². The third-order valence-electron chi connectivity index (χ3n) is 2.01. The number of methoxy groups -OCH3 is 1.